The number of alkyl halides is 6. The van der Waals surface area contributed by atoms with Crippen LogP contribution in [0.5, 0.6) is 23.3 Å². The molecule has 13 heteroatoms. The van der Waals surface area contributed by atoms with Crippen LogP contribution in [0.2, 0.25) is 0 Å². The van der Waals surface area contributed by atoms with Crippen LogP contribution in [0.4, 0.5) is 32.0 Å². The van der Waals surface area contributed by atoms with E-state index < -0.39 is 75.9 Å². The fraction of sp³-hybridized carbons (Fsp3) is 0.242. The van der Waals surface area contributed by atoms with Gasteiger partial charge in [0.25, 0.3) is 5.91 Å². The number of aryl methyl sites for hydroxylation is 1. The molecule has 0 spiro atoms. The molecule has 7 nitrogen and oxygen atoms in total. The van der Waals surface area contributed by atoms with Gasteiger partial charge in [-0.25, -0.2) is 0 Å². The summed E-state index contributed by atoms with van der Waals surface area (Å²) in [6.45, 7) is 1.03. The largest absolute Gasteiger partial charge is 0.508 e. The lowest BCUT2D eigenvalue weighted by atomic mass is 9.72. The summed E-state index contributed by atoms with van der Waals surface area (Å²) >= 11 is 0. The van der Waals surface area contributed by atoms with Gasteiger partial charge in [-0.1, -0.05) is 42.0 Å². The zero-order chi connectivity index (χ0) is 33.3. The summed E-state index contributed by atoms with van der Waals surface area (Å²) < 4.78 is 91.0. The van der Waals surface area contributed by atoms with Crippen LogP contribution in [0.15, 0.2) is 72.8 Å². The summed E-state index contributed by atoms with van der Waals surface area (Å²) in [7, 11) is 0. The van der Waals surface area contributed by atoms with E-state index in [9.17, 15) is 25.2 Å². The summed E-state index contributed by atoms with van der Waals surface area (Å²) in [5.41, 5.74) is -6.98. The lowest BCUT2D eigenvalue weighted by Gasteiger charge is -2.38. The number of hydrogen-bond donors (Lipinski definition) is 5. The Kier molecular flexibility index (Phi) is 7.06. The first kappa shape index (κ1) is 30.9. The van der Waals surface area contributed by atoms with E-state index in [0.717, 1.165) is 4.57 Å². The zero-order valence-corrected chi connectivity index (χ0v) is 23.9. The maximum absolute atomic E-state index is 15.0. The molecule has 6 rings (SSSR count). The van der Waals surface area contributed by atoms with Crippen LogP contribution in [0.3, 0.4) is 0 Å². The number of rotatable bonds is 6. The first-order valence-corrected chi connectivity index (χ1v) is 14.0. The summed E-state index contributed by atoms with van der Waals surface area (Å²) in [5.74, 6) is -3.54. The van der Waals surface area contributed by atoms with Crippen molar-refractivity contribution in [3.63, 3.8) is 0 Å². The third-order valence-electron chi connectivity index (χ3n) is 8.76. The molecule has 2 aliphatic carbocycles. The number of carbonyl (C=O) groups is 1. The Hall–Kier alpha value is -5.07. The highest BCUT2D eigenvalue weighted by Gasteiger charge is 2.72. The SMILES string of the molecule is Cc1cccc(C(=O)Nc2cc(C(c3ccc(O)c(Cn4c(O)c5c(c4O)C4C=CC5C4)c3)(C(F)(F)F)C(F)(F)F)ccc2O)c1. The van der Waals surface area contributed by atoms with Crippen LogP contribution in [0.1, 0.15) is 62.0 Å². The zero-order valence-electron chi connectivity index (χ0n) is 23.9. The van der Waals surface area contributed by atoms with E-state index in [4.69, 9.17) is 0 Å². The number of phenolic OH excluding ortho intramolecular Hbond substituents is 2. The number of allylic oxidation sites excluding steroid dienone is 2. The lowest BCUT2D eigenvalue weighted by molar-refractivity contribution is -0.288. The molecule has 2 aliphatic rings. The Morgan fingerprint density at radius 3 is 1.93 bits per heavy atom. The Morgan fingerprint density at radius 1 is 0.804 bits per heavy atom. The van der Waals surface area contributed by atoms with E-state index in [1.54, 1.807) is 13.0 Å². The van der Waals surface area contributed by atoms with Gasteiger partial charge < -0.3 is 25.7 Å². The molecule has 0 saturated carbocycles. The Balaban J connectivity index is 1.47. The number of anilines is 1. The van der Waals surface area contributed by atoms with Crippen LogP contribution >= 0.6 is 0 Å². The highest BCUT2D eigenvalue weighted by atomic mass is 19.4. The van der Waals surface area contributed by atoms with E-state index in [1.807, 2.05) is 12.2 Å². The van der Waals surface area contributed by atoms with Crippen molar-refractivity contribution in [3.05, 3.63) is 112 Å². The Labute approximate surface area is 257 Å². The monoisotopic (exact) mass is 644 g/mol. The van der Waals surface area contributed by atoms with E-state index >= 15 is 26.3 Å². The maximum Gasteiger partial charge on any atom is 0.411 e. The van der Waals surface area contributed by atoms with Crippen LogP contribution in [-0.2, 0) is 12.0 Å². The predicted octanol–water partition coefficient (Wildman–Crippen LogP) is 7.47. The van der Waals surface area contributed by atoms with E-state index in [1.165, 1.54) is 18.2 Å². The fourth-order valence-corrected chi connectivity index (χ4v) is 6.59. The summed E-state index contributed by atoms with van der Waals surface area (Å²) in [5, 5.41) is 44.8. The minimum atomic E-state index is -6.03. The molecule has 240 valence electrons. The molecule has 4 aromatic rings. The van der Waals surface area contributed by atoms with Gasteiger partial charge in [-0.3, -0.25) is 9.36 Å². The van der Waals surface area contributed by atoms with Gasteiger partial charge in [-0.2, -0.15) is 26.3 Å². The molecule has 1 heterocycles. The fourth-order valence-electron chi connectivity index (χ4n) is 6.59. The van der Waals surface area contributed by atoms with Crippen molar-refractivity contribution in [2.45, 2.75) is 49.5 Å². The van der Waals surface area contributed by atoms with Gasteiger partial charge in [0, 0.05) is 34.1 Å². The average molecular weight is 645 g/mol. The number of aromatic hydroxyl groups is 4. The Morgan fingerprint density at radius 2 is 1.37 bits per heavy atom. The second-order valence-corrected chi connectivity index (χ2v) is 11.5. The van der Waals surface area contributed by atoms with Crippen molar-refractivity contribution >= 4 is 11.6 Å². The van der Waals surface area contributed by atoms with Crippen molar-refractivity contribution in [3.8, 4) is 23.3 Å². The Bertz CT molecular complexity index is 1860. The molecule has 0 radical (unpaired) electrons. The van der Waals surface area contributed by atoms with E-state index in [0.29, 0.717) is 59.5 Å². The van der Waals surface area contributed by atoms with Crippen molar-refractivity contribution in [2.24, 2.45) is 0 Å². The second-order valence-electron chi connectivity index (χ2n) is 11.5. The first-order chi connectivity index (χ1) is 21.5. The summed E-state index contributed by atoms with van der Waals surface area (Å²) in [4.78, 5) is 12.8. The topological polar surface area (TPSA) is 115 Å². The predicted molar refractivity (Wildman–Crippen MR) is 154 cm³/mol. The average Bonchev–Trinajstić information content (AvgIpc) is 3.65. The number of hydrogen-bond acceptors (Lipinski definition) is 5. The molecule has 5 N–H and O–H groups in total. The smallest absolute Gasteiger partial charge is 0.411 e. The third kappa shape index (κ3) is 4.63. The van der Waals surface area contributed by atoms with Crippen LogP contribution < -0.4 is 5.32 Å². The van der Waals surface area contributed by atoms with Crippen molar-refractivity contribution in [1.82, 2.24) is 4.57 Å². The quantitative estimate of drug-likeness (QED) is 0.0849. The molecule has 46 heavy (non-hydrogen) atoms. The van der Waals surface area contributed by atoms with Crippen molar-refractivity contribution < 1.29 is 51.6 Å². The number of benzene rings is 3. The number of fused-ring (bicyclic) bond motifs is 5. The third-order valence-corrected chi connectivity index (χ3v) is 8.76. The number of aromatic nitrogens is 1. The highest BCUT2D eigenvalue weighted by Crippen LogP contribution is 2.58. The normalized spacial score (nSPS) is 17.4. The van der Waals surface area contributed by atoms with Gasteiger partial charge >= 0.3 is 12.4 Å². The van der Waals surface area contributed by atoms with Crippen LogP contribution in [-0.4, -0.2) is 43.3 Å². The summed E-state index contributed by atoms with van der Waals surface area (Å²) in [6.07, 6.45) is -7.76. The minimum absolute atomic E-state index is 0.0529. The molecular formula is C33H26F6N2O5. The van der Waals surface area contributed by atoms with Crippen molar-refractivity contribution in [2.75, 3.05) is 5.32 Å². The number of halogens is 6. The van der Waals surface area contributed by atoms with E-state index in [-0.39, 0.29) is 17.4 Å². The van der Waals surface area contributed by atoms with Crippen molar-refractivity contribution in [1.29, 1.82) is 0 Å². The van der Waals surface area contributed by atoms with Crippen LogP contribution in [0.25, 0.3) is 0 Å². The molecule has 1 aromatic heterocycles. The molecule has 2 atom stereocenters. The molecule has 0 fully saturated rings. The second kappa shape index (κ2) is 10.5. The number of nitrogens with one attached hydrogen (secondary N) is 1. The number of nitrogens with zero attached hydrogens (tertiary/aromatic N) is 1. The van der Waals surface area contributed by atoms with Gasteiger partial charge in [-0.15, -0.1) is 0 Å². The molecule has 0 saturated heterocycles. The molecule has 2 unspecified atom stereocenters. The van der Waals surface area contributed by atoms with E-state index in [2.05, 4.69) is 5.32 Å². The number of phenols is 2. The minimum Gasteiger partial charge on any atom is -0.508 e. The molecule has 2 bridgehead atoms. The lowest BCUT2D eigenvalue weighted by Crippen LogP contribution is -2.54. The summed E-state index contributed by atoms with van der Waals surface area (Å²) in [6, 6.07) is 9.20. The van der Waals surface area contributed by atoms with Gasteiger partial charge in [0.1, 0.15) is 11.5 Å². The van der Waals surface area contributed by atoms with Crippen LogP contribution in [0, 0.1) is 6.92 Å². The standard InChI is InChI=1S/C33H26F6N2O5/c1-16-3-2-4-19(11-16)28(44)40-23-14-22(8-10-25(23)43)31(32(34,35)36,33(37,38)39)21-7-9-24(42)20(13-21)15-41-29(45)26-17-5-6-18(12-17)27(26)30(41)46/h2-11,13-14,17-18,42-43,45-46H,12,15H2,1H3,(H,40,44). The molecular weight excluding hydrogens is 618 g/mol. The number of carbonyl (C=O) groups excluding carboxylic acids is 1. The van der Waals surface area contributed by atoms with Gasteiger partial charge in [0.2, 0.25) is 5.41 Å². The van der Waals surface area contributed by atoms with Gasteiger partial charge in [-0.05, 0) is 60.9 Å². The first-order valence-electron chi connectivity index (χ1n) is 14.0. The maximum atomic E-state index is 15.0. The molecule has 3 aromatic carbocycles. The molecule has 1 amide bonds. The van der Waals surface area contributed by atoms with Gasteiger partial charge in [0.05, 0.1) is 12.2 Å². The highest BCUT2D eigenvalue weighted by molar-refractivity contribution is 6.05. The molecule has 0 aliphatic heterocycles. The van der Waals surface area contributed by atoms with Gasteiger partial charge in [0.15, 0.2) is 11.8 Å². The number of amides is 1.